The van der Waals surface area contributed by atoms with Crippen LogP contribution in [0.5, 0.6) is 0 Å². The fraction of sp³-hybridized carbons (Fsp3) is 0.0909. The van der Waals surface area contributed by atoms with E-state index in [0.717, 1.165) is 11.1 Å². The Bertz CT molecular complexity index is 546. The third-order valence-corrected chi connectivity index (χ3v) is 2.32. The number of anilines is 1. The minimum atomic E-state index is -1.02. The first-order valence-electron chi connectivity index (χ1n) is 4.70. The van der Waals surface area contributed by atoms with Crippen LogP contribution in [-0.4, -0.2) is 20.9 Å². The fourth-order valence-electron chi connectivity index (χ4n) is 1.51. The normalized spacial score (nSPS) is 10.3. The van der Waals surface area contributed by atoms with E-state index in [2.05, 4.69) is 5.10 Å². The zero-order valence-corrected chi connectivity index (χ0v) is 8.71. The highest BCUT2D eigenvalue weighted by atomic mass is 16.4. The van der Waals surface area contributed by atoms with Crippen LogP contribution in [-0.2, 0) is 7.05 Å². The quantitative estimate of drug-likeness (QED) is 0.744. The lowest BCUT2D eigenvalue weighted by atomic mass is 10.1. The molecule has 2 rings (SSSR count). The van der Waals surface area contributed by atoms with Crippen molar-refractivity contribution in [3.05, 3.63) is 36.2 Å². The number of nitrogen functional groups attached to an aromatic ring is 1. The first kappa shape index (κ1) is 10.2. The smallest absolute Gasteiger partial charge is 0.337 e. The molecule has 5 heteroatoms. The zero-order valence-electron chi connectivity index (χ0n) is 8.71. The van der Waals surface area contributed by atoms with Crippen LogP contribution in [0.2, 0.25) is 0 Å². The predicted molar refractivity (Wildman–Crippen MR) is 60.0 cm³/mol. The van der Waals surface area contributed by atoms with Gasteiger partial charge in [0.05, 0.1) is 11.8 Å². The molecule has 0 bridgehead atoms. The molecule has 0 aliphatic carbocycles. The molecule has 0 spiro atoms. The standard InChI is InChI=1S/C11H11N3O2/c1-14-6-8(5-13-14)7-2-3-9(11(15)16)10(12)4-7/h2-6H,12H2,1H3,(H,15,16). The Hall–Kier alpha value is -2.30. The third-order valence-electron chi connectivity index (χ3n) is 2.32. The van der Waals surface area contributed by atoms with E-state index in [1.165, 1.54) is 6.07 Å². The van der Waals surface area contributed by atoms with Crippen LogP contribution in [0.4, 0.5) is 5.69 Å². The van der Waals surface area contributed by atoms with Gasteiger partial charge >= 0.3 is 5.97 Å². The highest BCUT2D eigenvalue weighted by Gasteiger charge is 2.09. The van der Waals surface area contributed by atoms with Crippen LogP contribution in [0.25, 0.3) is 11.1 Å². The Morgan fingerprint density at radius 2 is 2.19 bits per heavy atom. The van der Waals surface area contributed by atoms with Crippen LogP contribution in [0.3, 0.4) is 0 Å². The van der Waals surface area contributed by atoms with Gasteiger partial charge in [0.1, 0.15) is 0 Å². The molecule has 2 aromatic rings. The van der Waals surface area contributed by atoms with Gasteiger partial charge in [-0.1, -0.05) is 6.07 Å². The second-order valence-corrected chi connectivity index (χ2v) is 3.51. The summed E-state index contributed by atoms with van der Waals surface area (Å²) >= 11 is 0. The molecule has 0 unspecified atom stereocenters. The number of nitrogens with zero attached hydrogens (tertiary/aromatic N) is 2. The number of aromatic nitrogens is 2. The average Bonchev–Trinajstić information content (AvgIpc) is 2.64. The van der Waals surface area contributed by atoms with E-state index in [9.17, 15) is 4.79 Å². The van der Waals surface area contributed by atoms with Gasteiger partial charge < -0.3 is 10.8 Å². The zero-order chi connectivity index (χ0) is 11.7. The number of aromatic carboxylic acids is 1. The minimum absolute atomic E-state index is 0.118. The van der Waals surface area contributed by atoms with E-state index in [1.54, 1.807) is 23.0 Å². The molecule has 0 aliphatic rings. The number of hydrogen-bond acceptors (Lipinski definition) is 3. The Kier molecular flexibility index (Phi) is 2.36. The van der Waals surface area contributed by atoms with Gasteiger partial charge in [0.2, 0.25) is 0 Å². The minimum Gasteiger partial charge on any atom is -0.478 e. The largest absolute Gasteiger partial charge is 0.478 e. The van der Waals surface area contributed by atoms with Crippen LogP contribution >= 0.6 is 0 Å². The van der Waals surface area contributed by atoms with Gasteiger partial charge in [-0.2, -0.15) is 5.10 Å². The van der Waals surface area contributed by atoms with Gasteiger partial charge in [-0.15, -0.1) is 0 Å². The Morgan fingerprint density at radius 1 is 1.44 bits per heavy atom. The van der Waals surface area contributed by atoms with Crippen LogP contribution < -0.4 is 5.73 Å². The van der Waals surface area contributed by atoms with Crippen molar-refractivity contribution in [1.82, 2.24) is 9.78 Å². The van der Waals surface area contributed by atoms with Crippen molar-refractivity contribution >= 4 is 11.7 Å². The van der Waals surface area contributed by atoms with Crippen molar-refractivity contribution in [2.45, 2.75) is 0 Å². The predicted octanol–water partition coefficient (Wildman–Crippen LogP) is 1.37. The summed E-state index contributed by atoms with van der Waals surface area (Å²) in [4.78, 5) is 10.8. The van der Waals surface area contributed by atoms with Crippen molar-refractivity contribution in [2.75, 3.05) is 5.73 Å². The highest BCUT2D eigenvalue weighted by molar-refractivity contribution is 5.94. The van der Waals surface area contributed by atoms with Crippen LogP contribution in [0, 0.1) is 0 Å². The second-order valence-electron chi connectivity index (χ2n) is 3.51. The summed E-state index contributed by atoms with van der Waals surface area (Å²) in [6.45, 7) is 0. The molecular weight excluding hydrogens is 206 g/mol. The molecule has 0 atom stereocenters. The molecule has 82 valence electrons. The summed E-state index contributed by atoms with van der Waals surface area (Å²) in [6, 6.07) is 4.86. The summed E-state index contributed by atoms with van der Waals surface area (Å²) in [7, 11) is 1.82. The fourth-order valence-corrected chi connectivity index (χ4v) is 1.51. The maximum atomic E-state index is 10.8. The molecular formula is C11H11N3O2. The number of hydrogen-bond donors (Lipinski definition) is 2. The van der Waals surface area contributed by atoms with E-state index < -0.39 is 5.97 Å². The van der Waals surface area contributed by atoms with Crippen molar-refractivity contribution in [3.8, 4) is 11.1 Å². The summed E-state index contributed by atoms with van der Waals surface area (Å²) in [6.07, 6.45) is 3.55. The monoisotopic (exact) mass is 217 g/mol. The van der Waals surface area contributed by atoms with Gasteiger partial charge in [0.15, 0.2) is 0 Å². The Morgan fingerprint density at radius 3 is 2.69 bits per heavy atom. The van der Waals surface area contributed by atoms with Crippen LogP contribution in [0.15, 0.2) is 30.6 Å². The molecule has 1 heterocycles. The first-order chi connectivity index (χ1) is 7.58. The van der Waals surface area contributed by atoms with Crippen molar-refractivity contribution in [3.63, 3.8) is 0 Å². The lowest BCUT2D eigenvalue weighted by Crippen LogP contribution is -2.01. The Labute approximate surface area is 92.1 Å². The number of carboxylic acid groups (broad SMARTS) is 1. The van der Waals surface area contributed by atoms with Crippen molar-refractivity contribution in [2.24, 2.45) is 7.05 Å². The third kappa shape index (κ3) is 1.75. The maximum Gasteiger partial charge on any atom is 0.337 e. The molecule has 0 saturated heterocycles. The van der Waals surface area contributed by atoms with Gasteiger partial charge in [0, 0.05) is 24.5 Å². The summed E-state index contributed by atoms with van der Waals surface area (Å²) in [5.74, 6) is -1.02. The van der Waals surface area contributed by atoms with E-state index >= 15 is 0 Å². The number of aryl methyl sites for hydroxylation is 1. The van der Waals surface area contributed by atoms with E-state index in [1.807, 2.05) is 13.2 Å². The SMILES string of the molecule is Cn1cc(-c2ccc(C(=O)O)c(N)c2)cn1. The first-order valence-corrected chi connectivity index (χ1v) is 4.70. The molecule has 0 aliphatic heterocycles. The van der Waals surface area contributed by atoms with E-state index in [4.69, 9.17) is 10.8 Å². The molecule has 0 fully saturated rings. The van der Waals surface area contributed by atoms with Gasteiger partial charge in [-0.05, 0) is 17.7 Å². The molecule has 0 amide bonds. The van der Waals surface area contributed by atoms with Crippen molar-refractivity contribution < 1.29 is 9.90 Å². The average molecular weight is 217 g/mol. The van der Waals surface area contributed by atoms with Gasteiger partial charge in [-0.3, -0.25) is 4.68 Å². The Balaban J connectivity index is 2.45. The molecule has 3 N–H and O–H groups in total. The molecule has 0 saturated carbocycles. The number of nitrogens with two attached hydrogens (primary N) is 1. The molecule has 1 aromatic carbocycles. The molecule has 16 heavy (non-hydrogen) atoms. The number of benzene rings is 1. The van der Waals surface area contributed by atoms with Gasteiger partial charge in [-0.25, -0.2) is 4.79 Å². The topological polar surface area (TPSA) is 81.1 Å². The summed E-state index contributed by atoms with van der Waals surface area (Å²) in [5, 5.41) is 12.9. The van der Waals surface area contributed by atoms with E-state index in [0.29, 0.717) is 0 Å². The molecule has 0 radical (unpaired) electrons. The number of carbonyl (C=O) groups is 1. The highest BCUT2D eigenvalue weighted by Crippen LogP contribution is 2.23. The van der Waals surface area contributed by atoms with Crippen molar-refractivity contribution in [1.29, 1.82) is 0 Å². The maximum absolute atomic E-state index is 10.8. The van der Waals surface area contributed by atoms with Crippen LogP contribution in [0.1, 0.15) is 10.4 Å². The summed E-state index contributed by atoms with van der Waals surface area (Å²) < 4.78 is 1.68. The molecule has 5 nitrogen and oxygen atoms in total. The summed E-state index contributed by atoms with van der Waals surface area (Å²) in [5.41, 5.74) is 7.80. The second kappa shape index (κ2) is 3.69. The van der Waals surface area contributed by atoms with E-state index in [-0.39, 0.29) is 11.3 Å². The number of carboxylic acids is 1. The lowest BCUT2D eigenvalue weighted by Gasteiger charge is -2.03. The van der Waals surface area contributed by atoms with Gasteiger partial charge in [0.25, 0.3) is 0 Å². The lowest BCUT2D eigenvalue weighted by molar-refractivity contribution is 0.0698. The molecule has 1 aromatic heterocycles. The number of rotatable bonds is 2.